The quantitative estimate of drug-likeness (QED) is 0.519. The summed E-state index contributed by atoms with van der Waals surface area (Å²) in [5.74, 6) is 6.48. The molecule has 0 aliphatic heterocycles. The first-order valence-corrected chi connectivity index (χ1v) is 8.54. The van der Waals surface area contributed by atoms with Gasteiger partial charge in [0, 0.05) is 16.7 Å². The van der Waals surface area contributed by atoms with E-state index in [-0.39, 0.29) is 10.8 Å². The summed E-state index contributed by atoms with van der Waals surface area (Å²) in [6.45, 7) is 9.33. The van der Waals surface area contributed by atoms with Crippen molar-refractivity contribution in [2.45, 2.75) is 51.4 Å². The molecule has 0 saturated heterocycles. The highest BCUT2D eigenvalue weighted by Crippen LogP contribution is 2.45. The van der Waals surface area contributed by atoms with Crippen LogP contribution in [0.15, 0.2) is 42.5 Å². The first kappa shape index (κ1) is 16.5. The largest absolute Gasteiger partial charge is 0.298 e. The Hall–Kier alpha value is -2.33. The Bertz CT molecular complexity index is 827. The lowest BCUT2D eigenvalue weighted by Crippen LogP contribution is -2.33. The van der Waals surface area contributed by atoms with E-state index >= 15 is 0 Å². The minimum atomic E-state index is 0.203. The molecular formula is C23H24O. The molecule has 122 valence electrons. The van der Waals surface area contributed by atoms with Gasteiger partial charge < -0.3 is 0 Å². The van der Waals surface area contributed by atoms with Crippen LogP contribution in [0.3, 0.4) is 0 Å². The first-order valence-electron chi connectivity index (χ1n) is 8.54. The van der Waals surface area contributed by atoms with Crippen molar-refractivity contribution in [3.05, 3.63) is 70.3 Å². The smallest absolute Gasteiger partial charge is 0.150 e. The summed E-state index contributed by atoms with van der Waals surface area (Å²) in [6, 6.07) is 14.0. The van der Waals surface area contributed by atoms with Crippen LogP contribution in [0.5, 0.6) is 0 Å². The SMILES string of the molecule is CC1(C)CCC(C)(C)c2cc(C#Cc3ccc(C=O)cc3)ccc21. The summed E-state index contributed by atoms with van der Waals surface area (Å²) < 4.78 is 0. The molecule has 0 aromatic heterocycles. The molecule has 0 spiro atoms. The molecule has 0 unspecified atom stereocenters. The van der Waals surface area contributed by atoms with Gasteiger partial charge in [0.05, 0.1) is 0 Å². The molecule has 0 amide bonds. The zero-order chi connectivity index (χ0) is 17.4. The van der Waals surface area contributed by atoms with Crippen molar-refractivity contribution in [2.75, 3.05) is 0 Å². The molecule has 0 bridgehead atoms. The number of aldehydes is 1. The number of carbonyl (C=O) groups excluding carboxylic acids is 1. The maximum atomic E-state index is 10.7. The Kier molecular flexibility index (Phi) is 4.10. The van der Waals surface area contributed by atoms with E-state index in [2.05, 4.69) is 57.7 Å². The van der Waals surface area contributed by atoms with Gasteiger partial charge in [-0.25, -0.2) is 0 Å². The van der Waals surface area contributed by atoms with Gasteiger partial charge in [0.2, 0.25) is 0 Å². The predicted octanol–water partition coefficient (Wildman–Crippen LogP) is 5.25. The fourth-order valence-corrected chi connectivity index (χ4v) is 3.46. The summed E-state index contributed by atoms with van der Waals surface area (Å²) in [6.07, 6.45) is 3.28. The van der Waals surface area contributed by atoms with Crippen molar-refractivity contribution in [1.29, 1.82) is 0 Å². The number of hydrogen-bond donors (Lipinski definition) is 0. The van der Waals surface area contributed by atoms with E-state index in [0.717, 1.165) is 17.4 Å². The lowest BCUT2D eigenvalue weighted by atomic mass is 9.63. The van der Waals surface area contributed by atoms with Crippen molar-refractivity contribution in [3.8, 4) is 11.8 Å². The molecule has 0 saturated carbocycles. The third-order valence-corrected chi connectivity index (χ3v) is 5.25. The molecule has 1 nitrogen and oxygen atoms in total. The zero-order valence-electron chi connectivity index (χ0n) is 14.9. The third kappa shape index (κ3) is 3.15. The highest BCUT2D eigenvalue weighted by atomic mass is 16.1. The summed E-state index contributed by atoms with van der Waals surface area (Å²) in [5.41, 5.74) is 5.99. The molecule has 1 aliphatic rings. The Morgan fingerprint density at radius 1 is 0.792 bits per heavy atom. The van der Waals surface area contributed by atoms with Gasteiger partial charge in [-0.1, -0.05) is 57.7 Å². The van der Waals surface area contributed by atoms with E-state index in [4.69, 9.17) is 0 Å². The van der Waals surface area contributed by atoms with Gasteiger partial charge in [0.25, 0.3) is 0 Å². The molecule has 0 atom stereocenters. The second-order valence-electron chi connectivity index (χ2n) is 8.02. The second kappa shape index (κ2) is 5.95. The summed E-state index contributed by atoms with van der Waals surface area (Å²) in [4.78, 5) is 10.7. The average molecular weight is 316 g/mol. The number of benzene rings is 2. The zero-order valence-corrected chi connectivity index (χ0v) is 14.9. The molecular weight excluding hydrogens is 292 g/mol. The van der Waals surface area contributed by atoms with E-state index in [1.807, 2.05) is 12.1 Å². The summed E-state index contributed by atoms with van der Waals surface area (Å²) in [5, 5.41) is 0. The summed E-state index contributed by atoms with van der Waals surface area (Å²) in [7, 11) is 0. The standard InChI is InChI=1S/C23H24O/c1-22(2)13-14-23(3,4)21-15-18(11-12-20(21)22)8-5-17-6-9-19(16-24)10-7-17/h6-7,9-12,15-16H,13-14H2,1-4H3. The Morgan fingerprint density at radius 3 is 1.96 bits per heavy atom. The van der Waals surface area contributed by atoms with Gasteiger partial charge in [0.1, 0.15) is 6.29 Å². The van der Waals surface area contributed by atoms with Crippen LogP contribution in [-0.4, -0.2) is 6.29 Å². The summed E-state index contributed by atoms with van der Waals surface area (Å²) >= 11 is 0. The van der Waals surface area contributed by atoms with Gasteiger partial charge in [0.15, 0.2) is 0 Å². The monoisotopic (exact) mass is 316 g/mol. The van der Waals surface area contributed by atoms with Gasteiger partial charge in [-0.3, -0.25) is 4.79 Å². The van der Waals surface area contributed by atoms with Crippen molar-refractivity contribution in [3.63, 3.8) is 0 Å². The molecule has 1 heteroatoms. The van der Waals surface area contributed by atoms with Crippen LogP contribution in [0, 0.1) is 11.8 Å². The molecule has 2 aromatic rings. The number of fused-ring (bicyclic) bond motifs is 1. The van der Waals surface area contributed by atoms with E-state index in [1.54, 1.807) is 12.1 Å². The van der Waals surface area contributed by atoms with E-state index < -0.39 is 0 Å². The van der Waals surface area contributed by atoms with Crippen LogP contribution in [0.2, 0.25) is 0 Å². The van der Waals surface area contributed by atoms with Crippen LogP contribution in [0.1, 0.15) is 73.1 Å². The Labute approximate surface area is 145 Å². The molecule has 1 aliphatic carbocycles. The maximum absolute atomic E-state index is 10.7. The lowest BCUT2D eigenvalue weighted by Gasteiger charge is -2.41. The maximum Gasteiger partial charge on any atom is 0.150 e. The fourth-order valence-electron chi connectivity index (χ4n) is 3.46. The Morgan fingerprint density at radius 2 is 1.33 bits per heavy atom. The van der Waals surface area contributed by atoms with E-state index in [0.29, 0.717) is 5.56 Å². The number of rotatable bonds is 1. The van der Waals surface area contributed by atoms with Crippen molar-refractivity contribution < 1.29 is 4.79 Å². The predicted molar refractivity (Wildman–Crippen MR) is 99.5 cm³/mol. The topological polar surface area (TPSA) is 17.1 Å². The van der Waals surface area contributed by atoms with Crippen LogP contribution < -0.4 is 0 Å². The minimum Gasteiger partial charge on any atom is -0.298 e. The second-order valence-corrected chi connectivity index (χ2v) is 8.02. The fraction of sp³-hybridized carbons (Fsp3) is 0.348. The molecule has 0 radical (unpaired) electrons. The normalized spacial score (nSPS) is 17.3. The molecule has 0 fully saturated rings. The molecule has 2 aromatic carbocycles. The van der Waals surface area contributed by atoms with Crippen LogP contribution in [0.4, 0.5) is 0 Å². The Balaban J connectivity index is 1.97. The number of carbonyl (C=O) groups is 1. The van der Waals surface area contributed by atoms with Gasteiger partial charge >= 0.3 is 0 Å². The molecule has 24 heavy (non-hydrogen) atoms. The van der Waals surface area contributed by atoms with Crippen molar-refractivity contribution in [2.24, 2.45) is 0 Å². The van der Waals surface area contributed by atoms with Crippen LogP contribution in [-0.2, 0) is 10.8 Å². The van der Waals surface area contributed by atoms with Gasteiger partial charge in [-0.2, -0.15) is 0 Å². The van der Waals surface area contributed by atoms with Crippen molar-refractivity contribution >= 4 is 6.29 Å². The molecule has 3 rings (SSSR count). The minimum absolute atomic E-state index is 0.203. The molecule has 0 N–H and O–H groups in total. The van der Waals surface area contributed by atoms with Crippen LogP contribution >= 0.6 is 0 Å². The number of hydrogen-bond acceptors (Lipinski definition) is 1. The van der Waals surface area contributed by atoms with Crippen molar-refractivity contribution in [1.82, 2.24) is 0 Å². The average Bonchev–Trinajstić information content (AvgIpc) is 2.58. The van der Waals surface area contributed by atoms with E-state index in [1.165, 1.54) is 24.0 Å². The third-order valence-electron chi connectivity index (χ3n) is 5.25. The first-order chi connectivity index (χ1) is 11.3. The highest BCUT2D eigenvalue weighted by Gasteiger charge is 2.36. The van der Waals surface area contributed by atoms with E-state index in [9.17, 15) is 4.79 Å². The highest BCUT2D eigenvalue weighted by molar-refractivity contribution is 5.74. The van der Waals surface area contributed by atoms with Crippen LogP contribution in [0.25, 0.3) is 0 Å². The van der Waals surface area contributed by atoms with Gasteiger partial charge in [-0.15, -0.1) is 0 Å². The van der Waals surface area contributed by atoms with Gasteiger partial charge in [-0.05, 0) is 59.1 Å². The lowest BCUT2D eigenvalue weighted by molar-refractivity contribution is 0.112. The molecule has 0 heterocycles.